The Morgan fingerprint density at radius 3 is 2.78 bits per heavy atom. The number of halogens is 1. The molecule has 4 rings (SSSR count). The van der Waals surface area contributed by atoms with Crippen LogP contribution in [0, 0.1) is 6.92 Å². The molecule has 162 valence electrons. The lowest BCUT2D eigenvalue weighted by Crippen LogP contribution is -2.18. The van der Waals surface area contributed by atoms with E-state index in [9.17, 15) is 14.7 Å². The van der Waals surface area contributed by atoms with Crippen molar-refractivity contribution < 1.29 is 9.90 Å². The molecule has 0 atom stereocenters. The van der Waals surface area contributed by atoms with E-state index in [1.165, 1.54) is 6.20 Å². The van der Waals surface area contributed by atoms with Crippen LogP contribution in [0.3, 0.4) is 0 Å². The zero-order valence-electron chi connectivity index (χ0n) is 17.5. The van der Waals surface area contributed by atoms with Gasteiger partial charge in [0, 0.05) is 34.8 Å². The quantitative estimate of drug-likeness (QED) is 0.302. The number of allylic oxidation sites excluding steroid dienone is 1. The van der Waals surface area contributed by atoms with Gasteiger partial charge < -0.3 is 14.2 Å². The monoisotopic (exact) mass is 493 g/mol. The number of aryl methyl sites for hydroxylation is 2. The minimum atomic E-state index is -0.793. The lowest BCUT2D eigenvalue weighted by atomic mass is 10.1. The van der Waals surface area contributed by atoms with Crippen molar-refractivity contribution in [2.45, 2.75) is 26.9 Å². The first kappa shape index (κ1) is 21.6. The number of nitrogens with zero attached hydrogens (tertiary/aromatic N) is 5. The minimum absolute atomic E-state index is 0.107. The van der Waals surface area contributed by atoms with Crippen molar-refractivity contribution in [1.82, 2.24) is 14.1 Å². The van der Waals surface area contributed by atoms with Crippen LogP contribution in [0.15, 0.2) is 68.7 Å². The summed E-state index contributed by atoms with van der Waals surface area (Å²) in [5, 5.41) is 19.4. The first-order valence-electron chi connectivity index (χ1n) is 9.94. The lowest BCUT2D eigenvalue weighted by Gasteiger charge is -2.09. The van der Waals surface area contributed by atoms with Crippen molar-refractivity contribution in [3.63, 3.8) is 0 Å². The molecular formula is C23H20BrN5O3. The highest BCUT2D eigenvalue weighted by molar-refractivity contribution is 9.10. The summed E-state index contributed by atoms with van der Waals surface area (Å²) < 4.78 is 4.13. The van der Waals surface area contributed by atoms with Crippen LogP contribution in [-0.2, 0) is 13.1 Å². The van der Waals surface area contributed by atoms with Crippen molar-refractivity contribution in [2.75, 3.05) is 0 Å². The molecule has 0 aliphatic carbocycles. The van der Waals surface area contributed by atoms with Crippen LogP contribution < -0.4 is 5.43 Å². The zero-order chi connectivity index (χ0) is 23.0. The molecule has 3 aromatic heterocycles. The Morgan fingerprint density at radius 1 is 1.28 bits per heavy atom. The van der Waals surface area contributed by atoms with E-state index in [1.807, 2.05) is 26.0 Å². The van der Waals surface area contributed by atoms with Crippen LogP contribution in [0.4, 0.5) is 5.69 Å². The fourth-order valence-corrected chi connectivity index (χ4v) is 3.97. The van der Waals surface area contributed by atoms with E-state index in [-0.39, 0.29) is 17.1 Å². The van der Waals surface area contributed by atoms with Crippen molar-refractivity contribution in [2.24, 2.45) is 10.2 Å². The number of azo groups is 1. The van der Waals surface area contributed by atoms with Gasteiger partial charge in [-0.05, 0) is 44.2 Å². The van der Waals surface area contributed by atoms with Crippen molar-refractivity contribution >= 4 is 49.5 Å². The highest BCUT2D eigenvalue weighted by atomic mass is 79.9. The average molecular weight is 494 g/mol. The van der Waals surface area contributed by atoms with Crippen LogP contribution in [0.1, 0.15) is 23.0 Å². The third-order valence-electron chi connectivity index (χ3n) is 5.16. The fraction of sp³-hybridized carbons (Fsp3) is 0.174. The third-order valence-corrected chi connectivity index (χ3v) is 5.65. The van der Waals surface area contributed by atoms with Gasteiger partial charge in [-0.1, -0.05) is 22.0 Å². The van der Waals surface area contributed by atoms with Gasteiger partial charge in [0.05, 0.1) is 10.9 Å². The Kier molecular flexibility index (Phi) is 5.75. The van der Waals surface area contributed by atoms with E-state index < -0.39 is 11.3 Å². The largest absolute Gasteiger partial charge is 0.493 e. The third kappa shape index (κ3) is 3.64. The molecule has 4 aromatic rings. The van der Waals surface area contributed by atoms with Crippen LogP contribution in [0.5, 0.6) is 5.88 Å². The maximum Gasteiger partial charge on any atom is 0.300 e. The number of carbonyl (C=O) groups is 1. The maximum absolute atomic E-state index is 12.9. The first-order valence-corrected chi connectivity index (χ1v) is 10.7. The van der Waals surface area contributed by atoms with E-state index >= 15 is 0 Å². The van der Waals surface area contributed by atoms with Gasteiger partial charge in [-0.2, -0.15) is 0 Å². The summed E-state index contributed by atoms with van der Waals surface area (Å²) >= 11 is 3.41. The normalized spacial score (nSPS) is 11.6. The fourth-order valence-electron chi connectivity index (χ4n) is 3.61. The SMILES string of the molecule is C=CCn1c(O)c(N=NC(=O)c2cn(CC)c3nc(C)ccc3c2=O)c2cc(Br)ccc21. The molecule has 0 bridgehead atoms. The Balaban J connectivity index is 1.83. The second-order valence-corrected chi connectivity index (χ2v) is 8.14. The van der Waals surface area contributed by atoms with E-state index in [2.05, 4.69) is 37.7 Å². The summed E-state index contributed by atoms with van der Waals surface area (Å²) in [6.45, 7) is 8.32. The number of benzene rings is 1. The molecule has 0 fully saturated rings. The van der Waals surface area contributed by atoms with Gasteiger partial charge >= 0.3 is 5.91 Å². The lowest BCUT2D eigenvalue weighted by molar-refractivity contribution is 0.0993. The summed E-state index contributed by atoms with van der Waals surface area (Å²) in [5.41, 5.74) is 1.58. The zero-order valence-corrected chi connectivity index (χ0v) is 19.1. The van der Waals surface area contributed by atoms with Crippen molar-refractivity contribution in [3.05, 3.63) is 75.1 Å². The minimum Gasteiger partial charge on any atom is -0.493 e. The highest BCUT2D eigenvalue weighted by Crippen LogP contribution is 2.40. The summed E-state index contributed by atoms with van der Waals surface area (Å²) in [7, 11) is 0. The van der Waals surface area contributed by atoms with E-state index in [0.717, 1.165) is 10.2 Å². The second-order valence-electron chi connectivity index (χ2n) is 7.22. The van der Waals surface area contributed by atoms with Crippen LogP contribution in [0.25, 0.3) is 21.9 Å². The number of aromatic nitrogens is 3. The molecule has 1 aromatic carbocycles. The molecular weight excluding hydrogens is 474 g/mol. The van der Waals surface area contributed by atoms with Gasteiger partial charge in [-0.3, -0.25) is 9.59 Å². The number of rotatable bonds is 5. The van der Waals surface area contributed by atoms with Crippen LogP contribution >= 0.6 is 15.9 Å². The predicted molar refractivity (Wildman–Crippen MR) is 127 cm³/mol. The predicted octanol–water partition coefficient (Wildman–Crippen LogP) is 5.26. The van der Waals surface area contributed by atoms with Crippen LogP contribution in [0.2, 0.25) is 0 Å². The molecule has 8 nitrogen and oxygen atoms in total. The number of amides is 1. The number of fused-ring (bicyclic) bond motifs is 2. The average Bonchev–Trinajstić information content (AvgIpc) is 3.02. The Labute approximate surface area is 191 Å². The molecule has 0 spiro atoms. The van der Waals surface area contributed by atoms with E-state index in [4.69, 9.17) is 0 Å². The number of pyridine rings is 2. The standard InChI is InChI=1S/C23H20BrN5O3/c1-4-10-29-18-9-7-14(24)11-16(18)19(23(29)32)26-27-22(31)17-12-28(5-2)21-15(20(17)30)8-6-13(3)25-21/h4,6-9,11-12,32H,1,5,10H2,2-3H3. The maximum atomic E-state index is 12.9. The Bertz CT molecular complexity index is 1480. The number of hydrogen-bond acceptors (Lipinski definition) is 5. The van der Waals surface area contributed by atoms with Crippen molar-refractivity contribution in [3.8, 4) is 5.88 Å². The van der Waals surface area contributed by atoms with Crippen LogP contribution in [-0.4, -0.2) is 25.1 Å². The number of aromatic hydroxyl groups is 1. The number of hydrogen-bond donors (Lipinski definition) is 1. The van der Waals surface area contributed by atoms with Gasteiger partial charge in [0.15, 0.2) is 5.69 Å². The van der Waals surface area contributed by atoms with E-state index in [0.29, 0.717) is 35.0 Å². The summed E-state index contributed by atoms with van der Waals surface area (Å²) in [5.74, 6) is -0.933. The summed E-state index contributed by atoms with van der Waals surface area (Å²) in [4.78, 5) is 30.2. The molecule has 0 aliphatic rings. The van der Waals surface area contributed by atoms with Gasteiger partial charge in [0.25, 0.3) is 0 Å². The topological polar surface area (TPSA) is 102 Å². The highest BCUT2D eigenvalue weighted by Gasteiger charge is 2.19. The molecule has 0 saturated heterocycles. The summed E-state index contributed by atoms with van der Waals surface area (Å²) in [6.07, 6.45) is 3.10. The first-order chi connectivity index (χ1) is 15.3. The van der Waals surface area contributed by atoms with Gasteiger partial charge in [-0.15, -0.1) is 16.8 Å². The second kappa shape index (κ2) is 8.51. The smallest absolute Gasteiger partial charge is 0.300 e. The van der Waals surface area contributed by atoms with Gasteiger partial charge in [0.2, 0.25) is 11.3 Å². The Morgan fingerprint density at radius 2 is 2.06 bits per heavy atom. The molecule has 0 saturated carbocycles. The van der Waals surface area contributed by atoms with E-state index in [1.54, 1.807) is 33.4 Å². The molecule has 32 heavy (non-hydrogen) atoms. The molecule has 1 N–H and O–H groups in total. The van der Waals surface area contributed by atoms with Crippen molar-refractivity contribution in [1.29, 1.82) is 0 Å². The Hall–Kier alpha value is -3.59. The summed E-state index contributed by atoms with van der Waals surface area (Å²) in [6, 6.07) is 8.82. The number of carbonyl (C=O) groups excluding carboxylic acids is 1. The molecule has 9 heteroatoms. The molecule has 0 radical (unpaired) electrons. The van der Waals surface area contributed by atoms with Gasteiger partial charge in [0.1, 0.15) is 11.2 Å². The van der Waals surface area contributed by atoms with Gasteiger partial charge in [-0.25, -0.2) is 4.98 Å². The molecule has 0 aliphatic heterocycles. The molecule has 3 heterocycles. The molecule has 0 unspecified atom stereocenters. The molecule has 1 amide bonds.